The molecule has 0 aromatic heterocycles. The van der Waals surface area contributed by atoms with Crippen molar-refractivity contribution >= 4 is 12.1 Å². The monoisotopic (exact) mass is 287 g/mol. The maximum atomic E-state index is 11.4. The molecule has 1 fully saturated rings. The van der Waals surface area contributed by atoms with Gasteiger partial charge < -0.3 is 9.84 Å². The fourth-order valence-electron chi connectivity index (χ4n) is 2.32. The van der Waals surface area contributed by atoms with Crippen LogP contribution in [0.4, 0.5) is 4.79 Å². The van der Waals surface area contributed by atoms with Crippen molar-refractivity contribution in [3.8, 4) is 0 Å². The molecule has 0 spiro atoms. The Kier molecular flexibility index (Phi) is 7.36. The number of ether oxygens (including phenoxy) is 1. The van der Waals surface area contributed by atoms with Crippen molar-refractivity contribution in [1.29, 1.82) is 0 Å². The van der Waals surface area contributed by atoms with Gasteiger partial charge in [-0.3, -0.25) is 4.84 Å². The largest absolute Gasteiger partial charge is 0.479 e. The van der Waals surface area contributed by atoms with Crippen molar-refractivity contribution in [3.05, 3.63) is 0 Å². The van der Waals surface area contributed by atoms with Crippen LogP contribution >= 0.6 is 0 Å². The molecule has 0 aliphatic heterocycles. The van der Waals surface area contributed by atoms with Crippen LogP contribution in [0.5, 0.6) is 0 Å². The van der Waals surface area contributed by atoms with E-state index in [0.29, 0.717) is 18.9 Å². The number of hydrogen-bond donors (Lipinski definition) is 2. The van der Waals surface area contributed by atoms with E-state index in [0.717, 1.165) is 12.8 Å². The number of rotatable bonds is 7. The Morgan fingerprint density at radius 3 is 2.45 bits per heavy atom. The number of aliphatic carboxylic acids is 1. The summed E-state index contributed by atoms with van der Waals surface area (Å²) in [5.74, 6) is -0.511. The molecule has 0 saturated heterocycles. The van der Waals surface area contributed by atoms with E-state index in [-0.39, 0.29) is 5.92 Å². The summed E-state index contributed by atoms with van der Waals surface area (Å²) < 4.78 is 5.05. The Morgan fingerprint density at radius 2 is 1.90 bits per heavy atom. The molecule has 0 aromatic rings. The van der Waals surface area contributed by atoms with E-state index in [2.05, 4.69) is 5.48 Å². The third-order valence-corrected chi connectivity index (χ3v) is 3.42. The number of carboxylic acids is 1. The van der Waals surface area contributed by atoms with Crippen molar-refractivity contribution in [3.63, 3.8) is 0 Å². The number of carbonyl (C=O) groups excluding carboxylic acids is 1. The predicted octanol–water partition coefficient (Wildman–Crippen LogP) is 2.72. The first kappa shape index (κ1) is 16.8. The molecule has 1 amide bonds. The molecular formula is C14H25NO5. The van der Waals surface area contributed by atoms with Crippen LogP contribution in [0.2, 0.25) is 0 Å². The average molecular weight is 287 g/mol. The van der Waals surface area contributed by atoms with Crippen LogP contribution in [0, 0.1) is 11.8 Å². The third kappa shape index (κ3) is 6.75. The molecule has 0 heterocycles. The first-order valence-electron chi connectivity index (χ1n) is 7.30. The highest BCUT2D eigenvalue weighted by molar-refractivity contribution is 5.73. The first-order valence-corrected chi connectivity index (χ1v) is 7.30. The van der Waals surface area contributed by atoms with Gasteiger partial charge >= 0.3 is 12.1 Å². The average Bonchev–Trinajstić information content (AvgIpc) is 2.41. The predicted molar refractivity (Wildman–Crippen MR) is 73.0 cm³/mol. The molecule has 1 unspecified atom stereocenters. The molecule has 1 rings (SSSR count). The number of hydroxylamine groups is 1. The zero-order valence-electron chi connectivity index (χ0n) is 12.3. The van der Waals surface area contributed by atoms with Crippen LogP contribution in [0.15, 0.2) is 0 Å². The van der Waals surface area contributed by atoms with Gasteiger partial charge in [0.1, 0.15) is 0 Å². The van der Waals surface area contributed by atoms with Crippen LogP contribution in [-0.2, 0) is 14.4 Å². The smallest absolute Gasteiger partial charge is 0.431 e. The summed E-state index contributed by atoms with van der Waals surface area (Å²) in [5.41, 5.74) is 2.07. The third-order valence-electron chi connectivity index (χ3n) is 3.42. The van der Waals surface area contributed by atoms with Crippen LogP contribution in [-0.4, -0.2) is 29.9 Å². The SMILES string of the molecule is CC(C)CC(ONC(=O)OCC1CCCCC1)C(=O)O. The zero-order chi connectivity index (χ0) is 15.0. The zero-order valence-corrected chi connectivity index (χ0v) is 12.3. The second kappa shape index (κ2) is 8.79. The highest BCUT2D eigenvalue weighted by Crippen LogP contribution is 2.23. The fraction of sp³-hybridized carbons (Fsp3) is 0.857. The van der Waals surface area contributed by atoms with E-state index in [1.807, 2.05) is 13.8 Å². The quantitative estimate of drug-likeness (QED) is 0.703. The second-order valence-corrected chi connectivity index (χ2v) is 5.78. The Morgan fingerprint density at radius 1 is 1.25 bits per heavy atom. The van der Waals surface area contributed by atoms with Gasteiger partial charge in [0.25, 0.3) is 0 Å². The van der Waals surface area contributed by atoms with Gasteiger partial charge in [0.15, 0.2) is 6.10 Å². The van der Waals surface area contributed by atoms with Crippen molar-refractivity contribution < 1.29 is 24.3 Å². The molecule has 2 N–H and O–H groups in total. The highest BCUT2D eigenvalue weighted by Gasteiger charge is 2.22. The van der Waals surface area contributed by atoms with E-state index in [1.165, 1.54) is 19.3 Å². The van der Waals surface area contributed by atoms with Crippen LogP contribution in [0.3, 0.4) is 0 Å². The molecule has 20 heavy (non-hydrogen) atoms. The van der Waals surface area contributed by atoms with Gasteiger partial charge in [-0.05, 0) is 31.1 Å². The van der Waals surface area contributed by atoms with E-state index >= 15 is 0 Å². The molecule has 0 bridgehead atoms. The summed E-state index contributed by atoms with van der Waals surface area (Å²) in [6, 6.07) is 0. The minimum absolute atomic E-state index is 0.163. The number of carbonyl (C=O) groups is 2. The van der Waals surface area contributed by atoms with Crippen molar-refractivity contribution in [2.24, 2.45) is 11.8 Å². The number of carboxylic acid groups (broad SMARTS) is 1. The Labute approximate surface area is 119 Å². The summed E-state index contributed by atoms with van der Waals surface area (Å²) in [6.45, 7) is 4.15. The minimum atomic E-state index is -1.09. The topological polar surface area (TPSA) is 84.9 Å². The molecule has 1 aliphatic carbocycles. The first-order chi connectivity index (χ1) is 9.49. The molecular weight excluding hydrogens is 262 g/mol. The molecule has 6 nitrogen and oxygen atoms in total. The molecule has 0 radical (unpaired) electrons. The summed E-state index contributed by atoms with van der Waals surface area (Å²) in [6.07, 6.45) is 4.35. The molecule has 0 aromatic carbocycles. The lowest BCUT2D eigenvalue weighted by Crippen LogP contribution is -2.36. The van der Waals surface area contributed by atoms with E-state index < -0.39 is 18.2 Å². The summed E-state index contributed by atoms with van der Waals surface area (Å²) in [4.78, 5) is 27.3. The normalized spacial score (nSPS) is 17.8. The highest BCUT2D eigenvalue weighted by atomic mass is 16.7. The van der Waals surface area contributed by atoms with Gasteiger partial charge in [0.2, 0.25) is 0 Å². The Hall–Kier alpha value is -1.30. The standard InChI is InChI=1S/C14H25NO5/c1-10(2)8-12(13(16)17)20-15-14(18)19-9-11-6-4-3-5-7-11/h10-12H,3-9H2,1-2H3,(H,15,18)(H,16,17). The second-order valence-electron chi connectivity index (χ2n) is 5.78. The van der Waals surface area contributed by atoms with E-state index in [1.54, 1.807) is 0 Å². The van der Waals surface area contributed by atoms with E-state index in [4.69, 9.17) is 14.7 Å². The maximum absolute atomic E-state index is 11.4. The Balaban J connectivity index is 2.21. The van der Waals surface area contributed by atoms with Crippen LogP contribution in [0.25, 0.3) is 0 Å². The van der Waals surface area contributed by atoms with Crippen molar-refractivity contribution in [1.82, 2.24) is 5.48 Å². The fourth-order valence-corrected chi connectivity index (χ4v) is 2.32. The lowest BCUT2D eigenvalue weighted by atomic mass is 9.90. The molecule has 116 valence electrons. The number of nitrogens with one attached hydrogen (secondary N) is 1. The minimum Gasteiger partial charge on any atom is -0.479 e. The Bertz CT molecular complexity index is 313. The number of hydrogen-bond acceptors (Lipinski definition) is 4. The maximum Gasteiger partial charge on any atom is 0.431 e. The van der Waals surface area contributed by atoms with Crippen LogP contribution < -0.4 is 5.48 Å². The van der Waals surface area contributed by atoms with E-state index in [9.17, 15) is 9.59 Å². The van der Waals surface area contributed by atoms with Gasteiger partial charge in [-0.25, -0.2) is 9.59 Å². The molecule has 1 saturated carbocycles. The lowest BCUT2D eigenvalue weighted by molar-refractivity contribution is -0.156. The summed E-state index contributed by atoms with van der Waals surface area (Å²) in [7, 11) is 0. The van der Waals surface area contributed by atoms with Crippen molar-refractivity contribution in [2.75, 3.05) is 6.61 Å². The molecule has 1 atom stereocenters. The molecule has 6 heteroatoms. The molecule has 1 aliphatic rings. The van der Waals surface area contributed by atoms with Gasteiger partial charge in [0.05, 0.1) is 6.61 Å². The van der Waals surface area contributed by atoms with Gasteiger partial charge in [-0.1, -0.05) is 33.1 Å². The number of amides is 1. The van der Waals surface area contributed by atoms with Gasteiger partial charge in [-0.2, -0.15) is 5.48 Å². The van der Waals surface area contributed by atoms with Crippen LogP contribution in [0.1, 0.15) is 52.4 Å². The lowest BCUT2D eigenvalue weighted by Gasteiger charge is -2.21. The summed E-state index contributed by atoms with van der Waals surface area (Å²) >= 11 is 0. The summed E-state index contributed by atoms with van der Waals surface area (Å²) in [5, 5.41) is 8.95. The van der Waals surface area contributed by atoms with Gasteiger partial charge in [0, 0.05) is 0 Å². The van der Waals surface area contributed by atoms with Crippen molar-refractivity contribution in [2.45, 2.75) is 58.5 Å². The van der Waals surface area contributed by atoms with Gasteiger partial charge in [-0.15, -0.1) is 0 Å².